The molecule has 0 aliphatic rings. The maximum Gasteiger partial charge on any atom is 0.123 e. The maximum absolute atomic E-state index is 12.8. The standard InChI is InChI=1S/C14H17FN2S/c1-11(10-12-2-4-13(15)5-3-12)16-7-6-14-17-8-9-18-14/h2-5,8-9,11,16H,6-7,10H2,1H3. The zero-order chi connectivity index (χ0) is 12.8. The Hall–Kier alpha value is -1.26. The van der Waals surface area contributed by atoms with Gasteiger partial charge in [0.1, 0.15) is 5.82 Å². The molecule has 2 rings (SSSR count). The van der Waals surface area contributed by atoms with Crippen LogP contribution < -0.4 is 5.32 Å². The topological polar surface area (TPSA) is 24.9 Å². The van der Waals surface area contributed by atoms with Crippen molar-refractivity contribution < 1.29 is 4.39 Å². The maximum atomic E-state index is 12.8. The Morgan fingerprint density at radius 1 is 1.33 bits per heavy atom. The van der Waals surface area contributed by atoms with Crippen LogP contribution >= 0.6 is 11.3 Å². The molecule has 1 N–H and O–H groups in total. The van der Waals surface area contributed by atoms with Crippen molar-refractivity contribution in [3.05, 3.63) is 52.2 Å². The average Bonchev–Trinajstić information content (AvgIpc) is 2.85. The number of halogens is 1. The number of rotatable bonds is 6. The first kappa shape index (κ1) is 13.2. The summed E-state index contributed by atoms with van der Waals surface area (Å²) in [4.78, 5) is 4.24. The van der Waals surface area contributed by atoms with Crippen LogP contribution in [0.2, 0.25) is 0 Å². The molecule has 0 saturated carbocycles. The lowest BCUT2D eigenvalue weighted by Crippen LogP contribution is -2.29. The van der Waals surface area contributed by atoms with E-state index in [1.54, 1.807) is 11.3 Å². The second kappa shape index (κ2) is 6.61. The van der Waals surface area contributed by atoms with E-state index >= 15 is 0 Å². The summed E-state index contributed by atoms with van der Waals surface area (Å²) < 4.78 is 12.8. The number of thiazole rings is 1. The molecule has 18 heavy (non-hydrogen) atoms. The van der Waals surface area contributed by atoms with Crippen molar-refractivity contribution in [3.63, 3.8) is 0 Å². The predicted molar refractivity (Wildman–Crippen MR) is 73.4 cm³/mol. The van der Waals surface area contributed by atoms with E-state index in [1.807, 2.05) is 23.7 Å². The van der Waals surface area contributed by atoms with Crippen LogP contribution in [0.3, 0.4) is 0 Å². The number of benzene rings is 1. The van der Waals surface area contributed by atoms with Gasteiger partial charge in [0.05, 0.1) is 5.01 Å². The van der Waals surface area contributed by atoms with Gasteiger partial charge in [0.2, 0.25) is 0 Å². The molecule has 0 saturated heterocycles. The molecule has 0 aliphatic carbocycles. The molecule has 1 aromatic carbocycles. The number of nitrogens with one attached hydrogen (secondary N) is 1. The molecule has 2 aromatic rings. The first-order valence-corrected chi connectivity index (χ1v) is 6.98. The van der Waals surface area contributed by atoms with Gasteiger partial charge in [0.15, 0.2) is 0 Å². The highest BCUT2D eigenvalue weighted by Gasteiger charge is 2.03. The molecule has 96 valence electrons. The molecule has 0 bridgehead atoms. The van der Waals surface area contributed by atoms with Crippen LogP contribution in [-0.2, 0) is 12.8 Å². The lowest BCUT2D eigenvalue weighted by Gasteiger charge is -2.13. The van der Waals surface area contributed by atoms with Crippen molar-refractivity contribution in [2.75, 3.05) is 6.54 Å². The van der Waals surface area contributed by atoms with E-state index in [-0.39, 0.29) is 5.82 Å². The Morgan fingerprint density at radius 3 is 2.78 bits per heavy atom. The van der Waals surface area contributed by atoms with Gasteiger partial charge in [0.25, 0.3) is 0 Å². The molecule has 2 nitrogen and oxygen atoms in total. The Kier molecular flexibility index (Phi) is 4.84. The van der Waals surface area contributed by atoms with Gasteiger partial charge in [-0.15, -0.1) is 11.3 Å². The van der Waals surface area contributed by atoms with Crippen LogP contribution in [0, 0.1) is 5.82 Å². The van der Waals surface area contributed by atoms with Gasteiger partial charge < -0.3 is 5.32 Å². The highest BCUT2D eigenvalue weighted by molar-refractivity contribution is 7.09. The van der Waals surface area contributed by atoms with Crippen LogP contribution in [0.15, 0.2) is 35.8 Å². The van der Waals surface area contributed by atoms with Crippen LogP contribution in [0.25, 0.3) is 0 Å². The van der Waals surface area contributed by atoms with E-state index in [0.717, 1.165) is 30.0 Å². The second-order valence-electron chi connectivity index (χ2n) is 4.36. The van der Waals surface area contributed by atoms with E-state index in [1.165, 1.54) is 12.1 Å². The molecule has 1 aromatic heterocycles. The second-order valence-corrected chi connectivity index (χ2v) is 5.34. The molecule has 0 amide bonds. The summed E-state index contributed by atoms with van der Waals surface area (Å²) in [6.07, 6.45) is 3.71. The molecule has 0 radical (unpaired) electrons. The Bertz CT molecular complexity index is 453. The first-order chi connectivity index (χ1) is 8.74. The SMILES string of the molecule is CC(Cc1ccc(F)cc1)NCCc1nccs1. The third kappa shape index (κ3) is 4.20. The molecule has 1 unspecified atom stereocenters. The molecule has 0 spiro atoms. The highest BCUT2D eigenvalue weighted by atomic mass is 32.1. The zero-order valence-electron chi connectivity index (χ0n) is 10.4. The Labute approximate surface area is 111 Å². The third-order valence-electron chi connectivity index (χ3n) is 2.77. The van der Waals surface area contributed by atoms with E-state index < -0.39 is 0 Å². The summed E-state index contributed by atoms with van der Waals surface area (Å²) in [7, 11) is 0. The highest BCUT2D eigenvalue weighted by Crippen LogP contribution is 2.07. The fourth-order valence-corrected chi connectivity index (χ4v) is 2.47. The minimum atomic E-state index is -0.178. The monoisotopic (exact) mass is 264 g/mol. The third-order valence-corrected chi connectivity index (χ3v) is 3.61. The van der Waals surface area contributed by atoms with Crippen LogP contribution in [-0.4, -0.2) is 17.6 Å². The Balaban J connectivity index is 1.71. The van der Waals surface area contributed by atoms with E-state index in [4.69, 9.17) is 0 Å². The minimum absolute atomic E-state index is 0.178. The van der Waals surface area contributed by atoms with Gasteiger partial charge in [-0.2, -0.15) is 0 Å². The average molecular weight is 264 g/mol. The number of aromatic nitrogens is 1. The summed E-state index contributed by atoms with van der Waals surface area (Å²) in [5.74, 6) is -0.178. The smallest absolute Gasteiger partial charge is 0.123 e. The van der Waals surface area contributed by atoms with Crippen LogP contribution in [0.5, 0.6) is 0 Å². The summed E-state index contributed by atoms with van der Waals surface area (Å²) >= 11 is 1.69. The summed E-state index contributed by atoms with van der Waals surface area (Å²) in [5, 5.41) is 6.62. The number of hydrogen-bond acceptors (Lipinski definition) is 3. The van der Waals surface area contributed by atoms with Gasteiger partial charge in [-0.05, 0) is 31.0 Å². The van der Waals surface area contributed by atoms with Crippen molar-refractivity contribution in [1.29, 1.82) is 0 Å². The van der Waals surface area contributed by atoms with Gasteiger partial charge in [-0.3, -0.25) is 0 Å². The summed E-state index contributed by atoms with van der Waals surface area (Å²) in [6, 6.07) is 7.09. The summed E-state index contributed by atoms with van der Waals surface area (Å²) in [6.45, 7) is 3.07. The largest absolute Gasteiger partial charge is 0.314 e. The predicted octanol–water partition coefficient (Wildman–Crippen LogP) is 3.05. The molecule has 4 heteroatoms. The van der Waals surface area contributed by atoms with Crippen LogP contribution in [0.4, 0.5) is 4.39 Å². The van der Waals surface area contributed by atoms with Crippen molar-refractivity contribution in [3.8, 4) is 0 Å². The normalized spacial score (nSPS) is 12.6. The Morgan fingerprint density at radius 2 is 2.11 bits per heavy atom. The number of nitrogens with zero attached hydrogens (tertiary/aromatic N) is 1. The zero-order valence-corrected chi connectivity index (χ0v) is 11.2. The van der Waals surface area contributed by atoms with Crippen molar-refractivity contribution in [2.24, 2.45) is 0 Å². The van der Waals surface area contributed by atoms with Crippen LogP contribution in [0.1, 0.15) is 17.5 Å². The van der Waals surface area contributed by atoms with Gasteiger partial charge in [-0.1, -0.05) is 12.1 Å². The van der Waals surface area contributed by atoms with E-state index in [9.17, 15) is 4.39 Å². The van der Waals surface area contributed by atoms with Gasteiger partial charge in [-0.25, -0.2) is 9.37 Å². The fraction of sp³-hybridized carbons (Fsp3) is 0.357. The van der Waals surface area contributed by atoms with Crippen molar-refractivity contribution >= 4 is 11.3 Å². The first-order valence-electron chi connectivity index (χ1n) is 6.10. The minimum Gasteiger partial charge on any atom is -0.314 e. The number of hydrogen-bond donors (Lipinski definition) is 1. The molecular formula is C14H17FN2S. The van der Waals surface area contributed by atoms with Gasteiger partial charge >= 0.3 is 0 Å². The lowest BCUT2D eigenvalue weighted by atomic mass is 10.1. The molecule has 0 aliphatic heterocycles. The molecule has 1 heterocycles. The fourth-order valence-electron chi connectivity index (χ4n) is 1.85. The van der Waals surface area contributed by atoms with Crippen molar-refractivity contribution in [2.45, 2.75) is 25.8 Å². The lowest BCUT2D eigenvalue weighted by molar-refractivity contribution is 0.547. The molecule has 0 fully saturated rings. The quantitative estimate of drug-likeness (QED) is 0.867. The van der Waals surface area contributed by atoms with E-state index in [0.29, 0.717) is 6.04 Å². The molecular weight excluding hydrogens is 247 g/mol. The van der Waals surface area contributed by atoms with E-state index in [2.05, 4.69) is 17.2 Å². The van der Waals surface area contributed by atoms with Crippen molar-refractivity contribution in [1.82, 2.24) is 10.3 Å². The molecule has 1 atom stereocenters. The van der Waals surface area contributed by atoms with Gasteiger partial charge in [0, 0.05) is 30.6 Å². The summed E-state index contributed by atoms with van der Waals surface area (Å²) in [5.41, 5.74) is 1.16.